The molecular formula is C27H30N4O. The third-order valence-corrected chi connectivity index (χ3v) is 7.36. The van der Waals surface area contributed by atoms with Crippen LogP contribution in [-0.4, -0.2) is 34.4 Å². The molecule has 5 rings (SSSR count). The SMILES string of the molecule is N#Cc1ccc2c(c1)CN(CCC1(NC(=O)c3cccc4[nH]ccc34)CCCCC1)CC2. The van der Waals surface area contributed by atoms with Crippen molar-refractivity contribution >= 4 is 16.8 Å². The molecule has 2 aliphatic rings. The second kappa shape index (κ2) is 8.80. The van der Waals surface area contributed by atoms with Crippen molar-refractivity contribution in [2.24, 2.45) is 0 Å². The van der Waals surface area contributed by atoms with Crippen molar-refractivity contribution in [3.8, 4) is 6.07 Å². The van der Waals surface area contributed by atoms with Crippen LogP contribution in [0.4, 0.5) is 0 Å². The second-order valence-electron chi connectivity index (χ2n) is 9.41. The second-order valence-corrected chi connectivity index (χ2v) is 9.41. The van der Waals surface area contributed by atoms with Gasteiger partial charge in [0.05, 0.1) is 11.6 Å². The van der Waals surface area contributed by atoms with Gasteiger partial charge in [-0.05, 0) is 67.1 Å². The molecule has 1 aliphatic carbocycles. The van der Waals surface area contributed by atoms with Gasteiger partial charge in [0.15, 0.2) is 0 Å². The Hall–Kier alpha value is -3.10. The zero-order chi connectivity index (χ0) is 22.0. The molecule has 3 aromatic rings. The van der Waals surface area contributed by atoms with Crippen LogP contribution in [0, 0.1) is 11.3 Å². The minimum Gasteiger partial charge on any atom is -0.361 e. The molecule has 0 saturated heterocycles. The minimum atomic E-state index is -0.136. The normalized spacial score (nSPS) is 18.1. The first-order valence-corrected chi connectivity index (χ1v) is 11.8. The first-order chi connectivity index (χ1) is 15.7. The Morgan fingerprint density at radius 2 is 2.00 bits per heavy atom. The molecule has 5 nitrogen and oxygen atoms in total. The minimum absolute atomic E-state index is 0.0414. The molecule has 0 bridgehead atoms. The summed E-state index contributed by atoms with van der Waals surface area (Å²) in [4.78, 5) is 19.0. The van der Waals surface area contributed by atoms with Gasteiger partial charge in [-0.15, -0.1) is 0 Å². The summed E-state index contributed by atoms with van der Waals surface area (Å²) in [5, 5.41) is 13.7. The molecule has 2 heterocycles. The Morgan fingerprint density at radius 3 is 2.84 bits per heavy atom. The molecule has 2 aromatic carbocycles. The largest absolute Gasteiger partial charge is 0.361 e. The van der Waals surface area contributed by atoms with E-state index in [-0.39, 0.29) is 11.4 Å². The molecule has 1 saturated carbocycles. The van der Waals surface area contributed by atoms with Crippen molar-refractivity contribution in [1.82, 2.24) is 15.2 Å². The maximum atomic E-state index is 13.3. The molecule has 164 valence electrons. The standard InChI is InChI=1S/C27H30N4O/c28-18-20-7-8-21-10-15-31(19-22(21)17-20)16-13-27(11-2-1-3-12-27)30-26(32)24-5-4-6-25-23(24)9-14-29-25/h4-9,14,17,29H,1-3,10-13,15-16,19H2,(H,30,32). The summed E-state index contributed by atoms with van der Waals surface area (Å²) in [6, 6.07) is 16.2. The van der Waals surface area contributed by atoms with E-state index in [1.807, 2.05) is 42.6 Å². The van der Waals surface area contributed by atoms with Gasteiger partial charge in [-0.2, -0.15) is 5.26 Å². The molecule has 0 atom stereocenters. The predicted molar refractivity (Wildman–Crippen MR) is 126 cm³/mol. The average molecular weight is 427 g/mol. The lowest BCUT2D eigenvalue weighted by Gasteiger charge is -2.40. The van der Waals surface area contributed by atoms with E-state index >= 15 is 0 Å². The summed E-state index contributed by atoms with van der Waals surface area (Å²) in [6.45, 7) is 2.88. The molecule has 0 spiro atoms. The van der Waals surface area contributed by atoms with E-state index in [2.05, 4.69) is 27.3 Å². The van der Waals surface area contributed by atoms with Gasteiger partial charge in [-0.25, -0.2) is 0 Å². The first-order valence-electron chi connectivity index (χ1n) is 11.8. The van der Waals surface area contributed by atoms with Gasteiger partial charge in [-0.3, -0.25) is 9.69 Å². The number of amides is 1. The molecule has 5 heteroatoms. The van der Waals surface area contributed by atoms with Gasteiger partial charge in [0.25, 0.3) is 5.91 Å². The van der Waals surface area contributed by atoms with Gasteiger partial charge in [0.2, 0.25) is 0 Å². The van der Waals surface area contributed by atoms with Crippen LogP contribution in [0.5, 0.6) is 0 Å². The predicted octanol–water partition coefficient (Wildman–Crippen LogP) is 4.92. The third kappa shape index (κ3) is 4.16. The van der Waals surface area contributed by atoms with Crippen LogP contribution < -0.4 is 5.32 Å². The molecule has 2 N–H and O–H groups in total. The monoisotopic (exact) mass is 426 g/mol. The number of carbonyl (C=O) groups is 1. The van der Waals surface area contributed by atoms with Crippen molar-refractivity contribution in [2.75, 3.05) is 13.1 Å². The number of aromatic amines is 1. The number of hydrogen-bond acceptors (Lipinski definition) is 3. The summed E-state index contributed by atoms with van der Waals surface area (Å²) in [5.74, 6) is 0.0414. The van der Waals surface area contributed by atoms with Crippen LogP contribution in [0.25, 0.3) is 10.9 Å². The number of H-pyrrole nitrogens is 1. The maximum Gasteiger partial charge on any atom is 0.252 e. The van der Waals surface area contributed by atoms with Crippen LogP contribution in [-0.2, 0) is 13.0 Å². The van der Waals surface area contributed by atoms with Crippen LogP contribution in [0.15, 0.2) is 48.7 Å². The Kier molecular flexibility index (Phi) is 5.71. The number of fused-ring (bicyclic) bond motifs is 2. The number of benzene rings is 2. The van der Waals surface area contributed by atoms with Crippen molar-refractivity contribution in [3.05, 3.63) is 70.9 Å². The molecule has 1 aromatic heterocycles. The van der Waals surface area contributed by atoms with Gasteiger partial charge >= 0.3 is 0 Å². The number of carbonyl (C=O) groups excluding carboxylic acids is 1. The van der Waals surface area contributed by atoms with Crippen molar-refractivity contribution in [1.29, 1.82) is 5.26 Å². The number of nitrogens with zero attached hydrogens (tertiary/aromatic N) is 2. The highest BCUT2D eigenvalue weighted by atomic mass is 16.1. The fourth-order valence-corrected chi connectivity index (χ4v) is 5.51. The summed E-state index contributed by atoms with van der Waals surface area (Å²) < 4.78 is 0. The highest BCUT2D eigenvalue weighted by molar-refractivity contribution is 6.06. The van der Waals surface area contributed by atoms with Crippen LogP contribution in [0.3, 0.4) is 0 Å². The van der Waals surface area contributed by atoms with Crippen molar-refractivity contribution in [3.63, 3.8) is 0 Å². The first kappa shape index (κ1) is 20.8. The van der Waals surface area contributed by atoms with E-state index in [0.717, 1.165) is 67.3 Å². The Labute approximate surface area is 189 Å². The molecule has 0 radical (unpaired) electrons. The van der Waals surface area contributed by atoms with Crippen LogP contribution in [0.2, 0.25) is 0 Å². The quantitative estimate of drug-likeness (QED) is 0.608. The highest BCUT2D eigenvalue weighted by Crippen LogP contribution is 2.33. The summed E-state index contributed by atoms with van der Waals surface area (Å²) in [7, 11) is 0. The molecule has 1 amide bonds. The van der Waals surface area contributed by atoms with E-state index < -0.39 is 0 Å². The molecular weight excluding hydrogens is 396 g/mol. The van der Waals surface area contributed by atoms with Gasteiger partial charge in [0.1, 0.15) is 0 Å². The zero-order valence-corrected chi connectivity index (χ0v) is 18.5. The van der Waals surface area contributed by atoms with Gasteiger partial charge < -0.3 is 10.3 Å². The summed E-state index contributed by atoms with van der Waals surface area (Å²) >= 11 is 0. The number of hydrogen-bond donors (Lipinski definition) is 2. The van der Waals surface area contributed by atoms with E-state index in [1.54, 1.807) is 0 Å². The van der Waals surface area contributed by atoms with Crippen LogP contribution in [0.1, 0.15) is 65.6 Å². The van der Waals surface area contributed by atoms with Crippen LogP contribution >= 0.6 is 0 Å². The smallest absolute Gasteiger partial charge is 0.252 e. The van der Waals surface area contributed by atoms with Gasteiger partial charge in [-0.1, -0.05) is 31.4 Å². The highest BCUT2D eigenvalue weighted by Gasteiger charge is 2.34. The lowest BCUT2D eigenvalue weighted by molar-refractivity contribution is 0.0842. The molecule has 1 fully saturated rings. The summed E-state index contributed by atoms with van der Waals surface area (Å²) in [5.41, 5.74) is 4.99. The van der Waals surface area contributed by atoms with Crippen molar-refractivity contribution in [2.45, 2.75) is 57.0 Å². The lowest BCUT2D eigenvalue weighted by atomic mass is 9.78. The van der Waals surface area contributed by atoms with E-state index in [4.69, 9.17) is 0 Å². The third-order valence-electron chi connectivity index (χ3n) is 7.36. The van der Waals surface area contributed by atoms with E-state index in [9.17, 15) is 10.1 Å². The number of aromatic nitrogens is 1. The molecule has 32 heavy (non-hydrogen) atoms. The maximum absolute atomic E-state index is 13.3. The topological polar surface area (TPSA) is 71.9 Å². The number of nitriles is 1. The van der Waals surface area contributed by atoms with E-state index in [1.165, 1.54) is 30.4 Å². The van der Waals surface area contributed by atoms with Crippen molar-refractivity contribution < 1.29 is 4.79 Å². The Balaban J connectivity index is 1.30. The fourth-order valence-electron chi connectivity index (χ4n) is 5.51. The average Bonchev–Trinajstić information content (AvgIpc) is 3.32. The number of rotatable bonds is 5. The molecule has 1 aliphatic heterocycles. The Morgan fingerprint density at radius 1 is 1.12 bits per heavy atom. The summed E-state index contributed by atoms with van der Waals surface area (Å²) in [6.07, 6.45) is 9.56. The molecule has 0 unspecified atom stereocenters. The fraction of sp³-hybridized carbons (Fsp3) is 0.407. The lowest BCUT2D eigenvalue weighted by Crippen LogP contribution is -2.51. The zero-order valence-electron chi connectivity index (χ0n) is 18.5. The number of nitrogens with one attached hydrogen (secondary N) is 2. The Bertz CT molecular complexity index is 1170. The van der Waals surface area contributed by atoms with Gasteiger partial charge in [0, 0.05) is 47.8 Å². The van der Waals surface area contributed by atoms with E-state index in [0.29, 0.717) is 0 Å².